The molecule has 2 N–H and O–H groups in total. The third-order valence-electron chi connectivity index (χ3n) is 1.89. The number of nitrogens with zero attached hydrogens (tertiary/aromatic N) is 2. The average molecular weight is 177 g/mol. The van der Waals surface area contributed by atoms with Crippen LogP contribution in [0.25, 0.3) is 5.65 Å². The van der Waals surface area contributed by atoms with E-state index in [-0.39, 0.29) is 0 Å². The van der Waals surface area contributed by atoms with E-state index in [0.717, 1.165) is 17.8 Å². The minimum absolute atomic E-state index is 0.504. The first kappa shape index (κ1) is 8.22. The molecule has 0 bridgehead atoms. The second-order valence-corrected chi connectivity index (χ2v) is 2.82. The summed E-state index contributed by atoms with van der Waals surface area (Å²) in [5.41, 5.74) is 1.95. The van der Waals surface area contributed by atoms with Crippen molar-refractivity contribution in [3.05, 3.63) is 36.3 Å². The molecule has 0 radical (unpaired) electrons. The summed E-state index contributed by atoms with van der Waals surface area (Å²) in [6.07, 6.45) is 4.70. The van der Waals surface area contributed by atoms with Crippen molar-refractivity contribution in [1.29, 1.82) is 0 Å². The van der Waals surface area contributed by atoms with Crippen molar-refractivity contribution in [2.24, 2.45) is 5.90 Å². The molecule has 2 aromatic rings. The van der Waals surface area contributed by atoms with Gasteiger partial charge in [0.05, 0.1) is 12.3 Å². The molecule has 13 heavy (non-hydrogen) atoms. The van der Waals surface area contributed by atoms with Crippen LogP contribution < -0.4 is 5.90 Å². The molecule has 0 amide bonds. The van der Waals surface area contributed by atoms with E-state index in [9.17, 15) is 0 Å². The van der Waals surface area contributed by atoms with Crippen molar-refractivity contribution in [2.45, 2.75) is 6.42 Å². The number of imidazole rings is 1. The summed E-state index contributed by atoms with van der Waals surface area (Å²) in [5, 5.41) is 0. The molecule has 2 rings (SSSR count). The molecule has 0 spiro atoms. The smallest absolute Gasteiger partial charge is 0.136 e. The normalized spacial score (nSPS) is 10.8. The Balaban J connectivity index is 2.28. The monoisotopic (exact) mass is 177 g/mol. The maximum atomic E-state index is 4.94. The van der Waals surface area contributed by atoms with Crippen LogP contribution in [0, 0.1) is 0 Å². The van der Waals surface area contributed by atoms with Gasteiger partial charge in [0.25, 0.3) is 0 Å². The van der Waals surface area contributed by atoms with Gasteiger partial charge in [-0.3, -0.25) is 0 Å². The Hall–Kier alpha value is -1.39. The maximum absolute atomic E-state index is 4.94. The Morgan fingerprint density at radius 2 is 2.38 bits per heavy atom. The van der Waals surface area contributed by atoms with Crippen molar-refractivity contribution < 1.29 is 4.84 Å². The fourth-order valence-corrected chi connectivity index (χ4v) is 1.27. The van der Waals surface area contributed by atoms with Crippen LogP contribution in [0.5, 0.6) is 0 Å². The highest BCUT2D eigenvalue weighted by molar-refractivity contribution is 5.39. The highest BCUT2D eigenvalue weighted by Gasteiger charge is 1.99. The molecule has 0 aromatic carbocycles. The van der Waals surface area contributed by atoms with Crippen LogP contribution in [-0.4, -0.2) is 16.0 Å². The van der Waals surface area contributed by atoms with Crippen molar-refractivity contribution in [3.63, 3.8) is 0 Å². The number of hydrogen-bond donors (Lipinski definition) is 1. The average Bonchev–Trinajstić information content (AvgIpc) is 2.57. The Bertz CT molecular complexity index is 363. The van der Waals surface area contributed by atoms with E-state index in [0.29, 0.717) is 6.61 Å². The Kier molecular flexibility index (Phi) is 2.25. The van der Waals surface area contributed by atoms with Crippen molar-refractivity contribution >= 4 is 5.65 Å². The van der Waals surface area contributed by atoms with Gasteiger partial charge in [0.1, 0.15) is 5.65 Å². The van der Waals surface area contributed by atoms with Gasteiger partial charge in [-0.2, -0.15) is 0 Å². The fraction of sp³-hybridized carbons (Fsp3) is 0.222. The van der Waals surface area contributed by atoms with Crippen molar-refractivity contribution in [2.75, 3.05) is 6.61 Å². The number of fused-ring (bicyclic) bond motifs is 1. The molecule has 2 heterocycles. The molecule has 0 aliphatic carbocycles. The summed E-state index contributed by atoms with van der Waals surface area (Å²) >= 11 is 0. The van der Waals surface area contributed by atoms with Gasteiger partial charge in [0.2, 0.25) is 0 Å². The largest absolute Gasteiger partial charge is 0.307 e. The molecule has 2 aromatic heterocycles. The minimum atomic E-state index is 0.504. The number of hydrogen-bond acceptors (Lipinski definition) is 3. The van der Waals surface area contributed by atoms with Crippen LogP contribution in [0.1, 0.15) is 5.69 Å². The number of rotatable bonds is 3. The number of nitrogens with two attached hydrogens (primary N) is 1. The van der Waals surface area contributed by atoms with Crippen molar-refractivity contribution in [1.82, 2.24) is 9.38 Å². The van der Waals surface area contributed by atoms with E-state index in [2.05, 4.69) is 9.82 Å². The lowest BCUT2D eigenvalue weighted by molar-refractivity contribution is 0.140. The van der Waals surface area contributed by atoms with Gasteiger partial charge >= 0.3 is 0 Å². The van der Waals surface area contributed by atoms with Crippen molar-refractivity contribution in [3.8, 4) is 0 Å². The molecule has 68 valence electrons. The minimum Gasteiger partial charge on any atom is -0.307 e. The zero-order chi connectivity index (χ0) is 9.10. The van der Waals surface area contributed by atoms with E-state index in [1.54, 1.807) is 0 Å². The van der Waals surface area contributed by atoms with Gasteiger partial charge in [-0.05, 0) is 12.1 Å². The second kappa shape index (κ2) is 3.55. The SMILES string of the molecule is NOCCc1cn2ccccc2n1. The lowest BCUT2D eigenvalue weighted by Gasteiger charge is -1.91. The highest BCUT2D eigenvalue weighted by atomic mass is 16.6. The Labute approximate surface area is 75.9 Å². The number of aromatic nitrogens is 2. The molecule has 0 aliphatic heterocycles. The topological polar surface area (TPSA) is 52.5 Å². The van der Waals surface area contributed by atoms with Crippen LogP contribution in [0.4, 0.5) is 0 Å². The predicted octanol–water partition coefficient (Wildman–Crippen LogP) is 0.767. The lowest BCUT2D eigenvalue weighted by Crippen LogP contribution is -2.03. The highest BCUT2D eigenvalue weighted by Crippen LogP contribution is 2.04. The van der Waals surface area contributed by atoms with Crippen LogP contribution >= 0.6 is 0 Å². The van der Waals surface area contributed by atoms with Crippen LogP contribution in [0.15, 0.2) is 30.6 Å². The van der Waals surface area contributed by atoms with E-state index in [1.807, 2.05) is 35.0 Å². The molecule has 0 saturated carbocycles. The maximum Gasteiger partial charge on any atom is 0.136 e. The lowest BCUT2D eigenvalue weighted by atomic mass is 10.3. The fourth-order valence-electron chi connectivity index (χ4n) is 1.27. The van der Waals surface area contributed by atoms with Crippen LogP contribution in [0.3, 0.4) is 0 Å². The van der Waals surface area contributed by atoms with Crippen LogP contribution in [0.2, 0.25) is 0 Å². The molecule has 4 nitrogen and oxygen atoms in total. The summed E-state index contributed by atoms with van der Waals surface area (Å²) in [4.78, 5) is 8.87. The summed E-state index contributed by atoms with van der Waals surface area (Å²) in [6, 6.07) is 5.90. The first-order valence-electron chi connectivity index (χ1n) is 4.14. The number of pyridine rings is 1. The quantitative estimate of drug-likeness (QED) is 0.704. The van der Waals surface area contributed by atoms with E-state index in [4.69, 9.17) is 5.90 Å². The van der Waals surface area contributed by atoms with Gasteiger partial charge in [-0.25, -0.2) is 10.9 Å². The van der Waals surface area contributed by atoms with E-state index in [1.165, 1.54) is 0 Å². The zero-order valence-corrected chi connectivity index (χ0v) is 7.18. The zero-order valence-electron chi connectivity index (χ0n) is 7.18. The first-order chi connectivity index (χ1) is 6.40. The molecule has 0 aliphatic rings. The molecule has 0 atom stereocenters. The standard InChI is InChI=1S/C9H11N3O/c10-13-6-4-8-7-12-5-2-1-3-9(12)11-8/h1-3,5,7H,4,6,10H2. The Morgan fingerprint density at radius 1 is 1.46 bits per heavy atom. The molecule has 4 heteroatoms. The van der Waals surface area contributed by atoms with E-state index >= 15 is 0 Å². The first-order valence-corrected chi connectivity index (χ1v) is 4.14. The van der Waals surface area contributed by atoms with Crippen LogP contribution in [-0.2, 0) is 11.3 Å². The van der Waals surface area contributed by atoms with Gasteiger partial charge in [0, 0.05) is 18.8 Å². The van der Waals surface area contributed by atoms with Gasteiger partial charge in [-0.1, -0.05) is 6.07 Å². The Morgan fingerprint density at radius 3 is 3.15 bits per heavy atom. The molecular weight excluding hydrogens is 166 g/mol. The van der Waals surface area contributed by atoms with Gasteiger partial charge in [-0.15, -0.1) is 0 Å². The predicted molar refractivity (Wildman–Crippen MR) is 49.0 cm³/mol. The van der Waals surface area contributed by atoms with Gasteiger partial charge in [0.15, 0.2) is 0 Å². The van der Waals surface area contributed by atoms with Gasteiger partial charge < -0.3 is 9.24 Å². The molecular formula is C9H11N3O. The molecule has 0 fully saturated rings. The summed E-state index contributed by atoms with van der Waals surface area (Å²) in [7, 11) is 0. The third-order valence-corrected chi connectivity index (χ3v) is 1.89. The summed E-state index contributed by atoms with van der Waals surface area (Å²) in [6.45, 7) is 0.504. The third kappa shape index (κ3) is 1.68. The molecule has 0 saturated heterocycles. The summed E-state index contributed by atoms with van der Waals surface area (Å²) < 4.78 is 1.98. The second-order valence-electron chi connectivity index (χ2n) is 2.82. The van der Waals surface area contributed by atoms with E-state index < -0.39 is 0 Å². The molecule has 0 unspecified atom stereocenters. The summed E-state index contributed by atoms with van der Waals surface area (Å²) in [5.74, 6) is 4.94.